The molecule has 1 aromatic carbocycles. The lowest BCUT2D eigenvalue weighted by molar-refractivity contribution is -0.162. The number of sulfone groups is 1. The molecule has 0 unspecified atom stereocenters. The average molecular weight is 259 g/mol. The maximum Gasteiger partial charge on any atom is 0.179 e. The van der Waals surface area contributed by atoms with Crippen LogP contribution in [-0.4, -0.2) is 30.2 Å². The van der Waals surface area contributed by atoms with Crippen LogP contribution in [0.25, 0.3) is 0 Å². The standard InChI is InChI=1S/C11H17NO4S/c1-3-17(15,16)9-6-4-8(5-7-9)10(12)11(2,13)14/h4-7,10,13-14H,3,12H2,1-2H3/t10-/m1/s1. The fourth-order valence-electron chi connectivity index (χ4n) is 1.36. The fourth-order valence-corrected chi connectivity index (χ4v) is 2.25. The number of rotatable bonds is 4. The molecule has 4 N–H and O–H groups in total. The van der Waals surface area contributed by atoms with E-state index in [0.717, 1.165) is 0 Å². The Bertz CT molecular complexity index is 473. The molecule has 5 nitrogen and oxygen atoms in total. The highest BCUT2D eigenvalue weighted by atomic mass is 32.2. The lowest BCUT2D eigenvalue weighted by Crippen LogP contribution is -2.37. The minimum absolute atomic E-state index is 0.0239. The van der Waals surface area contributed by atoms with Crippen LogP contribution in [0, 0.1) is 0 Å². The number of benzene rings is 1. The van der Waals surface area contributed by atoms with Gasteiger partial charge in [0.25, 0.3) is 0 Å². The zero-order valence-corrected chi connectivity index (χ0v) is 10.6. The maximum atomic E-state index is 11.5. The lowest BCUT2D eigenvalue weighted by atomic mass is 10.0. The van der Waals surface area contributed by atoms with Crippen LogP contribution < -0.4 is 5.73 Å². The summed E-state index contributed by atoms with van der Waals surface area (Å²) in [4.78, 5) is 0.202. The van der Waals surface area contributed by atoms with Gasteiger partial charge in [-0.3, -0.25) is 0 Å². The second kappa shape index (κ2) is 4.73. The molecule has 1 atom stereocenters. The van der Waals surface area contributed by atoms with E-state index in [2.05, 4.69) is 0 Å². The number of aliphatic hydroxyl groups is 2. The van der Waals surface area contributed by atoms with Crippen molar-refractivity contribution >= 4 is 9.84 Å². The quantitative estimate of drug-likeness (QED) is 0.670. The molecule has 6 heteroatoms. The Morgan fingerprint density at radius 2 is 1.76 bits per heavy atom. The summed E-state index contributed by atoms with van der Waals surface area (Å²) in [6, 6.07) is 4.82. The van der Waals surface area contributed by atoms with Crippen molar-refractivity contribution in [1.82, 2.24) is 0 Å². The smallest absolute Gasteiger partial charge is 0.179 e. The third-order valence-corrected chi connectivity index (χ3v) is 4.32. The van der Waals surface area contributed by atoms with Gasteiger partial charge in [0.2, 0.25) is 0 Å². The van der Waals surface area contributed by atoms with Gasteiger partial charge in [-0.15, -0.1) is 0 Å². The molecule has 0 aliphatic heterocycles. The van der Waals surface area contributed by atoms with E-state index in [1.807, 2.05) is 0 Å². The zero-order valence-electron chi connectivity index (χ0n) is 9.79. The second-order valence-corrected chi connectivity index (χ2v) is 6.32. The molecule has 17 heavy (non-hydrogen) atoms. The molecule has 1 aromatic rings. The van der Waals surface area contributed by atoms with Gasteiger partial charge in [0.05, 0.1) is 16.7 Å². The summed E-state index contributed by atoms with van der Waals surface area (Å²) in [7, 11) is -3.24. The van der Waals surface area contributed by atoms with E-state index >= 15 is 0 Å². The topological polar surface area (TPSA) is 101 Å². The van der Waals surface area contributed by atoms with Gasteiger partial charge in [-0.05, 0) is 24.6 Å². The molecule has 0 aliphatic carbocycles. The van der Waals surface area contributed by atoms with E-state index in [1.54, 1.807) is 6.92 Å². The SMILES string of the molecule is CCS(=O)(=O)c1ccc([C@@H](N)C(C)(O)O)cc1. The van der Waals surface area contributed by atoms with Gasteiger partial charge in [-0.1, -0.05) is 19.1 Å². The first-order chi connectivity index (χ1) is 7.68. The summed E-state index contributed by atoms with van der Waals surface area (Å²) in [5.41, 5.74) is 6.08. The van der Waals surface area contributed by atoms with Crippen molar-refractivity contribution < 1.29 is 18.6 Å². The van der Waals surface area contributed by atoms with Gasteiger partial charge in [0, 0.05) is 0 Å². The molecule has 0 amide bonds. The number of hydrogen-bond acceptors (Lipinski definition) is 5. The second-order valence-electron chi connectivity index (χ2n) is 4.04. The molecule has 0 heterocycles. The molecule has 0 saturated carbocycles. The molecular weight excluding hydrogens is 242 g/mol. The van der Waals surface area contributed by atoms with Gasteiger partial charge in [0.15, 0.2) is 15.6 Å². The first-order valence-electron chi connectivity index (χ1n) is 5.21. The van der Waals surface area contributed by atoms with E-state index in [1.165, 1.54) is 31.2 Å². The fraction of sp³-hybridized carbons (Fsp3) is 0.455. The van der Waals surface area contributed by atoms with Gasteiger partial charge in [0.1, 0.15) is 0 Å². The van der Waals surface area contributed by atoms with Crippen LogP contribution in [0.4, 0.5) is 0 Å². The monoisotopic (exact) mass is 259 g/mol. The highest BCUT2D eigenvalue weighted by Gasteiger charge is 2.27. The first kappa shape index (κ1) is 14.1. The first-order valence-corrected chi connectivity index (χ1v) is 6.86. The molecular formula is C11H17NO4S. The molecule has 0 radical (unpaired) electrons. The Hall–Kier alpha value is -0.950. The predicted octanol–water partition coefficient (Wildman–Crippen LogP) is 0.181. The van der Waals surface area contributed by atoms with Crippen LogP contribution in [0.5, 0.6) is 0 Å². The van der Waals surface area contributed by atoms with Crippen LogP contribution in [-0.2, 0) is 9.84 Å². The van der Waals surface area contributed by atoms with E-state index < -0.39 is 21.7 Å². The van der Waals surface area contributed by atoms with Crippen LogP contribution in [0.3, 0.4) is 0 Å². The van der Waals surface area contributed by atoms with E-state index in [0.29, 0.717) is 5.56 Å². The summed E-state index contributed by atoms with van der Waals surface area (Å²) in [6.07, 6.45) is 0. The van der Waals surface area contributed by atoms with Crippen molar-refractivity contribution in [3.05, 3.63) is 29.8 Å². The van der Waals surface area contributed by atoms with E-state index in [-0.39, 0.29) is 10.6 Å². The molecule has 0 aliphatic rings. The minimum atomic E-state index is -3.24. The van der Waals surface area contributed by atoms with Gasteiger partial charge in [-0.25, -0.2) is 8.42 Å². The third-order valence-electron chi connectivity index (χ3n) is 2.57. The van der Waals surface area contributed by atoms with Crippen molar-refractivity contribution in [2.24, 2.45) is 5.73 Å². The molecule has 0 aromatic heterocycles. The average Bonchev–Trinajstić information content (AvgIpc) is 2.27. The number of nitrogens with two attached hydrogens (primary N) is 1. The highest BCUT2D eigenvalue weighted by molar-refractivity contribution is 7.91. The Morgan fingerprint density at radius 1 is 1.29 bits per heavy atom. The molecule has 96 valence electrons. The number of hydrogen-bond donors (Lipinski definition) is 3. The van der Waals surface area contributed by atoms with Crippen LogP contribution in [0.1, 0.15) is 25.5 Å². The van der Waals surface area contributed by atoms with Crippen LogP contribution >= 0.6 is 0 Å². The highest BCUT2D eigenvalue weighted by Crippen LogP contribution is 2.22. The summed E-state index contributed by atoms with van der Waals surface area (Å²) in [6.45, 7) is 2.74. The summed E-state index contributed by atoms with van der Waals surface area (Å²) in [5, 5.41) is 18.7. The van der Waals surface area contributed by atoms with E-state index in [4.69, 9.17) is 5.73 Å². The minimum Gasteiger partial charge on any atom is -0.364 e. The van der Waals surface area contributed by atoms with Gasteiger partial charge in [-0.2, -0.15) is 0 Å². The van der Waals surface area contributed by atoms with Crippen molar-refractivity contribution in [1.29, 1.82) is 0 Å². The Balaban J connectivity index is 3.05. The third kappa shape index (κ3) is 3.26. The molecule has 1 rings (SSSR count). The van der Waals surface area contributed by atoms with Crippen molar-refractivity contribution in [3.63, 3.8) is 0 Å². The Morgan fingerprint density at radius 3 is 2.12 bits per heavy atom. The molecule has 0 saturated heterocycles. The van der Waals surface area contributed by atoms with Gasteiger partial charge >= 0.3 is 0 Å². The van der Waals surface area contributed by atoms with Crippen molar-refractivity contribution in [2.45, 2.75) is 30.6 Å². The summed E-state index contributed by atoms with van der Waals surface area (Å²) in [5.74, 6) is -2.01. The normalized spacial score (nSPS) is 14.6. The molecule has 0 fully saturated rings. The summed E-state index contributed by atoms with van der Waals surface area (Å²) >= 11 is 0. The summed E-state index contributed by atoms with van der Waals surface area (Å²) < 4.78 is 23.1. The Labute approximate surface area is 101 Å². The van der Waals surface area contributed by atoms with Crippen LogP contribution in [0.15, 0.2) is 29.2 Å². The maximum absolute atomic E-state index is 11.5. The van der Waals surface area contributed by atoms with Crippen molar-refractivity contribution in [2.75, 3.05) is 5.75 Å². The lowest BCUT2D eigenvalue weighted by Gasteiger charge is -2.24. The van der Waals surface area contributed by atoms with E-state index in [9.17, 15) is 18.6 Å². The predicted molar refractivity (Wildman–Crippen MR) is 63.9 cm³/mol. The zero-order chi connectivity index (χ0) is 13.3. The van der Waals surface area contributed by atoms with Crippen LogP contribution in [0.2, 0.25) is 0 Å². The molecule has 0 spiro atoms. The largest absolute Gasteiger partial charge is 0.364 e. The Kier molecular flexibility index (Phi) is 3.93. The van der Waals surface area contributed by atoms with Gasteiger partial charge < -0.3 is 15.9 Å². The van der Waals surface area contributed by atoms with Crippen molar-refractivity contribution in [3.8, 4) is 0 Å². The molecule has 0 bridgehead atoms.